The SMILES string of the molecule is CC(Cc1ccc(-n2ccc(NC(=O)N3CCN(C(=O)C(C)(C)N)CC3)nc2=O)cc1)NC[C@H]1CCC[C@H](N)C1. The highest BCUT2D eigenvalue weighted by Gasteiger charge is 2.31. The molecule has 11 nitrogen and oxygen atoms in total. The van der Waals surface area contributed by atoms with Crippen LogP contribution < -0.4 is 27.8 Å². The van der Waals surface area contributed by atoms with Crippen molar-refractivity contribution in [1.82, 2.24) is 24.7 Å². The number of nitrogens with one attached hydrogen (secondary N) is 2. The molecule has 2 aromatic rings. The molecule has 0 spiro atoms. The highest BCUT2D eigenvalue weighted by molar-refractivity contribution is 5.89. The van der Waals surface area contributed by atoms with Crippen LogP contribution in [0.15, 0.2) is 41.3 Å². The normalized spacial score (nSPS) is 20.7. The molecule has 1 aliphatic carbocycles. The Bertz CT molecular complexity index is 1220. The fraction of sp³-hybridized carbons (Fsp3) is 0.586. The first-order chi connectivity index (χ1) is 19.0. The number of amides is 3. The molecular formula is C29H44N8O3. The van der Waals surface area contributed by atoms with Crippen molar-refractivity contribution in [2.24, 2.45) is 17.4 Å². The average molecular weight is 553 g/mol. The number of carbonyl (C=O) groups excluding carboxylic acids is 2. The molecule has 1 aromatic heterocycles. The van der Waals surface area contributed by atoms with Gasteiger partial charge in [-0.1, -0.05) is 18.6 Å². The predicted molar refractivity (Wildman–Crippen MR) is 156 cm³/mol. The van der Waals surface area contributed by atoms with E-state index in [2.05, 4.69) is 22.5 Å². The van der Waals surface area contributed by atoms with Crippen molar-refractivity contribution in [2.45, 2.75) is 70.5 Å². The lowest BCUT2D eigenvalue weighted by Crippen LogP contribution is -2.58. The quantitative estimate of drug-likeness (QED) is 0.389. The van der Waals surface area contributed by atoms with E-state index in [4.69, 9.17) is 11.5 Å². The molecule has 11 heteroatoms. The fourth-order valence-corrected chi connectivity index (χ4v) is 5.48. The molecule has 6 N–H and O–H groups in total. The zero-order chi connectivity index (χ0) is 28.9. The van der Waals surface area contributed by atoms with Gasteiger partial charge >= 0.3 is 11.7 Å². The highest BCUT2D eigenvalue weighted by atomic mass is 16.2. The van der Waals surface area contributed by atoms with E-state index in [1.165, 1.54) is 23.0 Å². The van der Waals surface area contributed by atoms with Gasteiger partial charge in [-0.2, -0.15) is 4.98 Å². The first kappa shape index (κ1) is 29.7. The summed E-state index contributed by atoms with van der Waals surface area (Å²) < 4.78 is 1.45. The van der Waals surface area contributed by atoms with Gasteiger partial charge in [-0.25, -0.2) is 9.59 Å². The second kappa shape index (κ2) is 12.9. The van der Waals surface area contributed by atoms with Crippen molar-refractivity contribution < 1.29 is 9.59 Å². The van der Waals surface area contributed by atoms with E-state index in [9.17, 15) is 14.4 Å². The van der Waals surface area contributed by atoms with E-state index >= 15 is 0 Å². The summed E-state index contributed by atoms with van der Waals surface area (Å²) in [7, 11) is 0. The molecule has 3 atom stereocenters. The van der Waals surface area contributed by atoms with Crippen LogP contribution in [-0.4, -0.2) is 81.6 Å². The monoisotopic (exact) mass is 552 g/mol. The lowest BCUT2D eigenvalue weighted by molar-refractivity contribution is -0.137. The summed E-state index contributed by atoms with van der Waals surface area (Å²) in [5.74, 6) is 0.700. The molecule has 1 aromatic carbocycles. The van der Waals surface area contributed by atoms with Crippen LogP contribution in [0.2, 0.25) is 0 Å². The zero-order valence-electron chi connectivity index (χ0n) is 23.9. The summed E-state index contributed by atoms with van der Waals surface area (Å²) in [4.78, 5) is 45.1. The molecule has 3 amide bonds. The Hall–Kier alpha value is -3.28. The molecule has 1 saturated heterocycles. The third-order valence-electron chi connectivity index (χ3n) is 7.78. The first-order valence-electron chi connectivity index (χ1n) is 14.3. The van der Waals surface area contributed by atoms with Gasteiger partial charge in [-0.05, 0) is 82.7 Å². The number of piperazine rings is 1. The Balaban J connectivity index is 1.27. The number of aromatic nitrogens is 2. The second-order valence-electron chi connectivity index (χ2n) is 11.9. The minimum Gasteiger partial charge on any atom is -0.338 e. The van der Waals surface area contributed by atoms with Gasteiger partial charge in [0.1, 0.15) is 5.82 Å². The topological polar surface area (TPSA) is 152 Å². The van der Waals surface area contributed by atoms with Crippen LogP contribution in [-0.2, 0) is 11.2 Å². The summed E-state index contributed by atoms with van der Waals surface area (Å²) in [6.07, 6.45) is 7.22. The summed E-state index contributed by atoms with van der Waals surface area (Å²) in [5, 5.41) is 6.35. The van der Waals surface area contributed by atoms with Gasteiger partial charge in [0.25, 0.3) is 0 Å². The smallest absolute Gasteiger partial charge is 0.338 e. The number of hydrogen-bond donors (Lipinski definition) is 4. The van der Waals surface area contributed by atoms with Gasteiger partial charge in [-0.15, -0.1) is 0 Å². The predicted octanol–water partition coefficient (Wildman–Crippen LogP) is 1.68. The maximum Gasteiger partial charge on any atom is 0.354 e. The number of anilines is 1. The third kappa shape index (κ3) is 7.89. The molecule has 1 unspecified atom stereocenters. The van der Waals surface area contributed by atoms with E-state index in [0.29, 0.717) is 49.9 Å². The molecule has 4 rings (SSSR count). The Morgan fingerprint density at radius 3 is 2.38 bits per heavy atom. The van der Waals surface area contributed by atoms with Crippen LogP contribution in [0, 0.1) is 5.92 Å². The first-order valence-corrected chi connectivity index (χ1v) is 14.3. The third-order valence-corrected chi connectivity index (χ3v) is 7.78. The molecule has 0 bridgehead atoms. The van der Waals surface area contributed by atoms with Crippen LogP contribution in [0.4, 0.5) is 10.6 Å². The standard InChI is InChI=1S/C29H44N8O3/c1-20(32-19-22-5-4-6-23(30)18-22)17-21-7-9-24(10-8-21)37-12-11-25(34-28(37)40)33-27(39)36-15-13-35(14-16-36)26(38)29(2,3)31/h7-12,20,22-23,32H,4-6,13-19,30-31H2,1-3H3,(H,33,34,39,40)/t20?,22-,23-/m0/s1. The van der Waals surface area contributed by atoms with E-state index in [1.54, 1.807) is 35.9 Å². The molecule has 2 heterocycles. The molecule has 2 aliphatic rings. The van der Waals surface area contributed by atoms with Crippen molar-refractivity contribution >= 4 is 17.8 Å². The molecule has 2 fully saturated rings. The molecule has 0 radical (unpaired) electrons. The molecule has 218 valence electrons. The van der Waals surface area contributed by atoms with Crippen molar-refractivity contribution in [3.63, 3.8) is 0 Å². The van der Waals surface area contributed by atoms with Crippen LogP contribution >= 0.6 is 0 Å². The van der Waals surface area contributed by atoms with E-state index in [0.717, 1.165) is 25.8 Å². The van der Waals surface area contributed by atoms with Crippen LogP contribution in [0.1, 0.15) is 52.0 Å². The average Bonchev–Trinajstić information content (AvgIpc) is 2.92. The van der Waals surface area contributed by atoms with Crippen LogP contribution in [0.25, 0.3) is 5.69 Å². The second-order valence-corrected chi connectivity index (χ2v) is 11.9. The number of nitrogens with two attached hydrogens (primary N) is 2. The lowest BCUT2D eigenvalue weighted by Gasteiger charge is -2.37. The number of benzene rings is 1. The lowest BCUT2D eigenvalue weighted by atomic mass is 9.86. The summed E-state index contributed by atoms with van der Waals surface area (Å²) in [6, 6.07) is 9.81. The van der Waals surface area contributed by atoms with Gasteiger partial charge in [-0.3, -0.25) is 14.7 Å². The van der Waals surface area contributed by atoms with Gasteiger partial charge in [0, 0.05) is 44.5 Å². The maximum absolute atomic E-state index is 12.7. The molecule has 1 aliphatic heterocycles. The zero-order valence-corrected chi connectivity index (χ0v) is 23.9. The molecule has 40 heavy (non-hydrogen) atoms. The number of carbonyl (C=O) groups is 2. The summed E-state index contributed by atoms with van der Waals surface area (Å²) in [5.41, 5.74) is 12.5. The number of urea groups is 1. The number of hydrogen-bond acceptors (Lipinski definition) is 7. The van der Waals surface area contributed by atoms with Gasteiger partial charge < -0.3 is 26.6 Å². The largest absolute Gasteiger partial charge is 0.354 e. The van der Waals surface area contributed by atoms with Gasteiger partial charge in [0.05, 0.1) is 11.2 Å². The summed E-state index contributed by atoms with van der Waals surface area (Å²) in [6.45, 7) is 8.10. The summed E-state index contributed by atoms with van der Waals surface area (Å²) >= 11 is 0. The molecular weight excluding hydrogens is 508 g/mol. The van der Waals surface area contributed by atoms with Crippen molar-refractivity contribution in [3.05, 3.63) is 52.6 Å². The van der Waals surface area contributed by atoms with Gasteiger partial charge in [0.2, 0.25) is 5.91 Å². The van der Waals surface area contributed by atoms with Gasteiger partial charge in [0.15, 0.2) is 0 Å². The van der Waals surface area contributed by atoms with E-state index in [1.807, 2.05) is 24.3 Å². The number of rotatable bonds is 8. The van der Waals surface area contributed by atoms with Crippen LogP contribution in [0.3, 0.4) is 0 Å². The van der Waals surface area contributed by atoms with E-state index in [-0.39, 0.29) is 17.8 Å². The minimum absolute atomic E-state index is 0.141. The Morgan fingerprint density at radius 2 is 1.75 bits per heavy atom. The fourth-order valence-electron chi connectivity index (χ4n) is 5.48. The van der Waals surface area contributed by atoms with Crippen LogP contribution in [0.5, 0.6) is 0 Å². The maximum atomic E-state index is 12.7. The van der Waals surface area contributed by atoms with Crippen molar-refractivity contribution in [3.8, 4) is 5.69 Å². The van der Waals surface area contributed by atoms with E-state index < -0.39 is 11.2 Å². The Labute approximate surface area is 236 Å². The van der Waals surface area contributed by atoms with Crippen molar-refractivity contribution in [1.29, 1.82) is 0 Å². The molecule has 1 saturated carbocycles. The Morgan fingerprint density at radius 1 is 1.07 bits per heavy atom. The Kier molecular flexibility index (Phi) is 9.60. The highest BCUT2D eigenvalue weighted by Crippen LogP contribution is 2.22. The van der Waals surface area contributed by atoms with Crippen molar-refractivity contribution in [2.75, 3.05) is 38.0 Å². The number of nitrogens with zero attached hydrogens (tertiary/aromatic N) is 4. The minimum atomic E-state index is -0.947.